The fourth-order valence-corrected chi connectivity index (χ4v) is 2.27. The summed E-state index contributed by atoms with van der Waals surface area (Å²) in [6, 6.07) is 5.18. The number of carbonyl (C=O) groups excluding carboxylic acids is 1. The van der Waals surface area contributed by atoms with Gasteiger partial charge < -0.3 is 15.2 Å². The van der Waals surface area contributed by atoms with Crippen molar-refractivity contribution in [3.05, 3.63) is 27.7 Å². The van der Waals surface area contributed by atoms with Gasteiger partial charge in [0.15, 0.2) is 6.61 Å². The molecule has 1 aliphatic carbocycles. The van der Waals surface area contributed by atoms with Crippen LogP contribution in [0.1, 0.15) is 12.8 Å². The van der Waals surface area contributed by atoms with E-state index in [2.05, 4.69) is 21.2 Å². The maximum atomic E-state index is 11.6. The summed E-state index contributed by atoms with van der Waals surface area (Å²) in [6.07, 6.45) is 1.63. The molecule has 1 aliphatic rings. The lowest BCUT2D eigenvalue weighted by atomic mass is 10.3. The van der Waals surface area contributed by atoms with Crippen LogP contribution in [0.2, 0.25) is 5.02 Å². The average molecular weight is 335 g/mol. The summed E-state index contributed by atoms with van der Waals surface area (Å²) in [5.41, 5.74) is -0.413. The van der Waals surface area contributed by atoms with Gasteiger partial charge in [0.05, 0.1) is 17.2 Å². The third-order valence-corrected chi connectivity index (χ3v) is 3.60. The molecule has 98 valence electrons. The van der Waals surface area contributed by atoms with E-state index in [-0.39, 0.29) is 19.1 Å². The summed E-state index contributed by atoms with van der Waals surface area (Å²) < 4.78 is 6.17. The summed E-state index contributed by atoms with van der Waals surface area (Å²) in [5.74, 6) is 0.212. The van der Waals surface area contributed by atoms with Gasteiger partial charge in [0.1, 0.15) is 5.75 Å². The van der Waals surface area contributed by atoms with Crippen molar-refractivity contribution in [1.29, 1.82) is 0 Å². The van der Waals surface area contributed by atoms with Crippen LogP contribution < -0.4 is 10.1 Å². The van der Waals surface area contributed by atoms with Crippen LogP contribution >= 0.6 is 27.5 Å². The Hall–Kier alpha value is -0.780. The van der Waals surface area contributed by atoms with E-state index in [1.54, 1.807) is 18.2 Å². The van der Waals surface area contributed by atoms with Crippen molar-refractivity contribution in [2.45, 2.75) is 18.4 Å². The lowest BCUT2D eigenvalue weighted by molar-refractivity contribution is -0.124. The smallest absolute Gasteiger partial charge is 0.258 e. The lowest BCUT2D eigenvalue weighted by Crippen LogP contribution is -2.42. The first-order valence-electron chi connectivity index (χ1n) is 5.54. The molecule has 18 heavy (non-hydrogen) atoms. The zero-order valence-electron chi connectivity index (χ0n) is 9.58. The van der Waals surface area contributed by atoms with Gasteiger partial charge in [0.25, 0.3) is 5.91 Å². The van der Waals surface area contributed by atoms with E-state index in [0.717, 1.165) is 17.3 Å². The van der Waals surface area contributed by atoms with Crippen molar-refractivity contribution in [2.24, 2.45) is 0 Å². The maximum absolute atomic E-state index is 11.6. The Labute approximate surface area is 118 Å². The monoisotopic (exact) mass is 333 g/mol. The fraction of sp³-hybridized carbons (Fsp3) is 0.417. The molecule has 0 atom stereocenters. The van der Waals surface area contributed by atoms with Crippen molar-refractivity contribution in [1.82, 2.24) is 5.32 Å². The molecule has 0 spiro atoms. The molecule has 0 unspecified atom stereocenters. The number of hydrogen-bond donors (Lipinski definition) is 2. The van der Waals surface area contributed by atoms with Crippen LogP contribution in [0.4, 0.5) is 0 Å². The number of nitrogens with one attached hydrogen (secondary N) is 1. The second kappa shape index (κ2) is 5.47. The van der Waals surface area contributed by atoms with Gasteiger partial charge >= 0.3 is 0 Å². The molecular formula is C12H13BrClNO3. The number of aliphatic hydroxyl groups is 1. The average Bonchev–Trinajstić information content (AvgIpc) is 3.08. The molecule has 0 saturated heterocycles. The normalized spacial score (nSPS) is 16.2. The Morgan fingerprint density at radius 3 is 2.83 bits per heavy atom. The van der Waals surface area contributed by atoms with Gasteiger partial charge in [-0.15, -0.1) is 0 Å². The van der Waals surface area contributed by atoms with Crippen LogP contribution in [0.3, 0.4) is 0 Å². The van der Waals surface area contributed by atoms with Crippen LogP contribution in [-0.4, -0.2) is 29.8 Å². The molecule has 2 N–H and O–H groups in total. The Kier molecular flexibility index (Phi) is 4.14. The van der Waals surface area contributed by atoms with Gasteiger partial charge in [-0.1, -0.05) is 27.5 Å². The zero-order chi connectivity index (χ0) is 13.2. The Balaban J connectivity index is 1.85. The number of benzene rings is 1. The highest BCUT2D eigenvalue weighted by Crippen LogP contribution is 2.34. The van der Waals surface area contributed by atoms with E-state index < -0.39 is 5.54 Å². The van der Waals surface area contributed by atoms with Crippen molar-refractivity contribution < 1.29 is 14.6 Å². The Morgan fingerprint density at radius 2 is 2.28 bits per heavy atom. The van der Waals surface area contributed by atoms with Crippen molar-refractivity contribution in [3.8, 4) is 5.75 Å². The number of rotatable bonds is 5. The van der Waals surface area contributed by atoms with Gasteiger partial charge in [-0.2, -0.15) is 0 Å². The van der Waals surface area contributed by atoms with E-state index in [9.17, 15) is 4.79 Å². The second-order valence-corrected chi connectivity index (χ2v) is 5.67. The number of hydrogen-bond acceptors (Lipinski definition) is 3. The highest BCUT2D eigenvalue weighted by molar-refractivity contribution is 9.10. The maximum Gasteiger partial charge on any atom is 0.258 e. The minimum Gasteiger partial charge on any atom is -0.482 e. The van der Waals surface area contributed by atoms with Crippen LogP contribution in [0.25, 0.3) is 0 Å². The highest BCUT2D eigenvalue weighted by Gasteiger charge is 2.43. The summed E-state index contributed by atoms with van der Waals surface area (Å²) in [5, 5.41) is 12.3. The molecule has 4 nitrogen and oxygen atoms in total. The number of aliphatic hydroxyl groups excluding tert-OH is 1. The van der Waals surface area contributed by atoms with Crippen LogP contribution in [0.5, 0.6) is 5.75 Å². The molecule has 1 fully saturated rings. The molecule has 1 amide bonds. The summed E-state index contributed by atoms with van der Waals surface area (Å²) in [4.78, 5) is 11.6. The highest BCUT2D eigenvalue weighted by atomic mass is 79.9. The number of carbonyl (C=O) groups is 1. The first kappa shape index (κ1) is 13.6. The minimum atomic E-state index is -0.413. The van der Waals surface area contributed by atoms with Gasteiger partial charge in [0.2, 0.25) is 0 Å². The predicted molar refractivity (Wildman–Crippen MR) is 71.8 cm³/mol. The van der Waals surface area contributed by atoms with Crippen LogP contribution in [0.15, 0.2) is 22.7 Å². The van der Waals surface area contributed by atoms with Gasteiger partial charge in [-0.05, 0) is 31.0 Å². The molecule has 6 heteroatoms. The quantitative estimate of drug-likeness (QED) is 0.867. The molecule has 0 aliphatic heterocycles. The van der Waals surface area contributed by atoms with E-state index in [1.165, 1.54) is 0 Å². The summed E-state index contributed by atoms with van der Waals surface area (Å²) in [6.45, 7) is -0.138. The van der Waals surface area contributed by atoms with Crippen LogP contribution in [-0.2, 0) is 4.79 Å². The SMILES string of the molecule is O=C(COc1ccc(Br)cc1Cl)NC1(CO)CC1. The third-order valence-electron chi connectivity index (χ3n) is 2.81. The molecule has 1 aromatic carbocycles. The van der Waals surface area contributed by atoms with E-state index >= 15 is 0 Å². The standard InChI is InChI=1S/C12H13BrClNO3/c13-8-1-2-10(9(14)5-8)18-6-11(17)15-12(7-16)3-4-12/h1-2,5,16H,3-4,6-7H2,(H,15,17). The molecule has 0 heterocycles. The van der Waals surface area contributed by atoms with Crippen LogP contribution in [0, 0.1) is 0 Å². The largest absolute Gasteiger partial charge is 0.482 e. The molecule has 2 rings (SSSR count). The predicted octanol–water partition coefficient (Wildman–Crippen LogP) is 2.12. The van der Waals surface area contributed by atoms with Gasteiger partial charge in [-0.3, -0.25) is 4.79 Å². The molecule has 0 radical (unpaired) electrons. The minimum absolute atomic E-state index is 0.0300. The summed E-state index contributed by atoms with van der Waals surface area (Å²) >= 11 is 9.25. The molecule has 0 bridgehead atoms. The van der Waals surface area contributed by atoms with Crippen molar-refractivity contribution in [3.63, 3.8) is 0 Å². The van der Waals surface area contributed by atoms with Crippen molar-refractivity contribution in [2.75, 3.05) is 13.2 Å². The van der Waals surface area contributed by atoms with E-state index in [1.807, 2.05) is 0 Å². The summed E-state index contributed by atoms with van der Waals surface area (Å²) in [7, 11) is 0. The van der Waals surface area contributed by atoms with Gasteiger partial charge in [0, 0.05) is 4.47 Å². The first-order chi connectivity index (χ1) is 8.54. The van der Waals surface area contributed by atoms with E-state index in [4.69, 9.17) is 21.4 Å². The second-order valence-electron chi connectivity index (χ2n) is 4.35. The third kappa shape index (κ3) is 3.37. The zero-order valence-corrected chi connectivity index (χ0v) is 11.9. The molecule has 1 saturated carbocycles. The number of ether oxygens (including phenoxy) is 1. The fourth-order valence-electron chi connectivity index (χ4n) is 1.54. The van der Waals surface area contributed by atoms with Gasteiger partial charge in [-0.25, -0.2) is 0 Å². The Bertz CT molecular complexity index is 463. The number of amides is 1. The topological polar surface area (TPSA) is 58.6 Å². The van der Waals surface area contributed by atoms with E-state index in [0.29, 0.717) is 10.8 Å². The lowest BCUT2D eigenvalue weighted by Gasteiger charge is -2.14. The number of halogens is 2. The molecular weight excluding hydrogens is 321 g/mol. The Morgan fingerprint density at radius 1 is 1.56 bits per heavy atom. The first-order valence-corrected chi connectivity index (χ1v) is 6.71. The molecule has 0 aromatic heterocycles. The molecule has 1 aromatic rings. The van der Waals surface area contributed by atoms with Crippen molar-refractivity contribution >= 4 is 33.4 Å².